The molecule has 0 bridgehead atoms. The quantitative estimate of drug-likeness (QED) is 0.740. The zero-order valence-corrected chi connectivity index (χ0v) is 16.6. The Bertz CT molecular complexity index is 962. The Labute approximate surface area is 172 Å². The molecule has 0 fully saturated rings. The van der Waals surface area contributed by atoms with Gasteiger partial charge in [-0.15, -0.1) is 0 Å². The van der Waals surface area contributed by atoms with E-state index in [0.717, 1.165) is 11.6 Å². The Morgan fingerprint density at radius 2 is 2.00 bits per heavy atom. The molecule has 3 N–H and O–H groups in total. The lowest BCUT2D eigenvalue weighted by Gasteiger charge is -2.25. The maximum atomic E-state index is 13.4. The lowest BCUT2D eigenvalue weighted by molar-refractivity contribution is -0.141. The first-order valence-corrected chi connectivity index (χ1v) is 9.42. The number of hydrogen-bond donors (Lipinski definition) is 2. The molecule has 1 aromatic carbocycles. The first kappa shape index (κ1) is 21.5. The van der Waals surface area contributed by atoms with Crippen LogP contribution < -0.4 is 11.1 Å². The lowest BCUT2D eigenvalue weighted by atomic mass is 9.95. The van der Waals surface area contributed by atoms with Crippen LogP contribution in [0, 0.1) is 5.92 Å². The largest absolute Gasteiger partial charge is 0.497 e. The molecular formula is C21H23F3N4O2. The summed E-state index contributed by atoms with van der Waals surface area (Å²) in [6.07, 6.45) is 1.40. The molecular weight excluding hydrogens is 397 g/mol. The van der Waals surface area contributed by atoms with Crippen LogP contribution in [0.15, 0.2) is 54.3 Å². The lowest BCUT2D eigenvalue weighted by Crippen LogP contribution is -2.30. The van der Waals surface area contributed by atoms with E-state index in [1.54, 1.807) is 31.4 Å². The van der Waals surface area contributed by atoms with Gasteiger partial charge in [0.1, 0.15) is 5.76 Å². The van der Waals surface area contributed by atoms with Gasteiger partial charge in [0, 0.05) is 12.5 Å². The van der Waals surface area contributed by atoms with Crippen LogP contribution in [0.5, 0.6) is 0 Å². The van der Waals surface area contributed by atoms with Gasteiger partial charge in [0.15, 0.2) is 5.69 Å². The van der Waals surface area contributed by atoms with Gasteiger partial charge >= 0.3 is 12.2 Å². The van der Waals surface area contributed by atoms with Gasteiger partial charge in [0.25, 0.3) is 0 Å². The van der Waals surface area contributed by atoms with Crippen molar-refractivity contribution in [3.8, 4) is 11.3 Å². The van der Waals surface area contributed by atoms with Crippen molar-refractivity contribution in [2.75, 3.05) is 13.7 Å². The molecule has 2 unspecified atom stereocenters. The molecule has 0 radical (unpaired) electrons. The third-order valence-corrected chi connectivity index (χ3v) is 4.93. The van der Waals surface area contributed by atoms with E-state index < -0.39 is 17.9 Å². The summed E-state index contributed by atoms with van der Waals surface area (Å²) in [5.74, 6) is 0.557. The average molecular weight is 420 g/mol. The van der Waals surface area contributed by atoms with Crippen LogP contribution in [0.4, 0.5) is 18.0 Å². The normalized spacial score (nSPS) is 18.8. The number of aromatic nitrogens is 2. The molecule has 3 rings (SSSR count). The van der Waals surface area contributed by atoms with E-state index in [1.165, 1.54) is 4.68 Å². The van der Waals surface area contributed by atoms with Gasteiger partial charge in [-0.05, 0) is 35.8 Å². The highest BCUT2D eigenvalue weighted by atomic mass is 19.4. The van der Waals surface area contributed by atoms with Gasteiger partial charge in [-0.2, -0.15) is 18.3 Å². The van der Waals surface area contributed by atoms with E-state index in [1.807, 2.05) is 25.1 Å². The number of alkyl halides is 3. The topological polar surface area (TPSA) is 82.2 Å². The van der Waals surface area contributed by atoms with Crippen LogP contribution in [0.2, 0.25) is 0 Å². The summed E-state index contributed by atoms with van der Waals surface area (Å²) in [5, 5.41) is 6.39. The van der Waals surface area contributed by atoms with Crippen molar-refractivity contribution in [1.82, 2.24) is 15.1 Å². The van der Waals surface area contributed by atoms with Crippen LogP contribution in [0.25, 0.3) is 11.3 Å². The number of allylic oxidation sites excluding steroid dienone is 3. The molecule has 2 aromatic rings. The molecule has 6 nitrogen and oxygen atoms in total. The second kappa shape index (κ2) is 8.64. The summed E-state index contributed by atoms with van der Waals surface area (Å²) in [6.45, 7) is 2.28. The minimum Gasteiger partial charge on any atom is -0.497 e. The number of nitrogens with two attached hydrogens (primary N) is 1. The summed E-state index contributed by atoms with van der Waals surface area (Å²) >= 11 is 0. The number of ether oxygens (including phenoxy) is 1. The summed E-state index contributed by atoms with van der Waals surface area (Å²) in [6, 6.07) is 7.21. The maximum absolute atomic E-state index is 13.4. The highest BCUT2D eigenvalue weighted by molar-refractivity contribution is 5.71. The minimum absolute atomic E-state index is 0.108. The van der Waals surface area contributed by atoms with E-state index in [2.05, 4.69) is 10.4 Å². The van der Waals surface area contributed by atoms with Crippen LogP contribution in [-0.4, -0.2) is 29.5 Å². The second-order valence-electron chi connectivity index (χ2n) is 7.08. The number of urea groups is 1. The van der Waals surface area contributed by atoms with Crippen molar-refractivity contribution >= 4 is 6.03 Å². The summed E-state index contributed by atoms with van der Waals surface area (Å²) < 4.78 is 46.8. The van der Waals surface area contributed by atoms with Crippen LogP contribution >= 0.6 is 0 Å². The Balaban J connectivity index is 1.92. The average Bonchev–Trinajstić information content (AvgIpc) is 3.13. The van der Waals surface area contributed by atoms with E-state index in [4.69, 9.17) is 10.5 Å². The molecule has 2 amide bonds. The predicted molar refractivity (Wildman–Crippen MR) is 106 cm³/mol. The third kappa shape index (κ3) is 4.84. The molecule has 0 saturated carbocycles. The zero-order chi connectivity index (χ0) is 21.9. The van der Waals surface area contributed by atoms with E-state index >= 15 is 0 Å². The Hall–Kier alpha value is -3.23. The molecule has 2 atom stereocenters. The van der Waals surface area contributed by atoms with Crippen molar-refractivity contribution < 1.29 is 22.7 Å². The number of methoxy groups -OCH3 is 1. The smallest absolute Gasteiger partial charge is 0.435 e. The second-order valence-corrected chi connectivity index (χ2v) is 7.08. The van der Waals surface area contributed by atoms with Crippen molar-refractivity contribution in [3.05, 3.63) is 65.6 Å². The maximum Gasteiger partial charge on any atom is 0.435 e. The standard InChI is InChI=1S/C21H23F3N4O2/c1-13-11-16(30-2)7-8-17(13)28-18(12-19(27-28)21(22,23)24)15-5-3-14(4-6-15)9-10-26-20(25)29/h3-8,11-13,17H,9-10H2,1-2H3,(H3,25,26,29). The number of carbonyl (C=O) groups excluding carboxylic acids is 1. The number of hydrogen-bond acceptors (Lipinski definition) is 3. The third-order valence-electron chi connectivity index (χ3n) is 4.93. The van der Waals surface area contributed by atoms with Crippen molar-refractivity contribution in [2.45, 2.75) is 25.6 Å². The molecule has 0 saturated heterocycles. The minimum atomic E-state index is -4.55. The van der Waals surface area contributed by atoms with E-state index in [9.17, 15) is 18.0 Å². The molecule has 30 heavy (non-hydrogen) atoms. The van der Waals surface area contributed by atoms with Crippen LogP contribution in [0.1, 0.15) is 24.2 Å². The predicted octanol–water partition coefficient (Wildman–Crippen LogP) is 4.06. The number of amides is 2. The number of primary amides is 1. The van der Waals surface area contributed by atoms with Crippen LogP contribution in [-0.2, 0) is 17.3 Å². The number of benzene rings is 1. The summed E-state index contributed by atoms with van der Waals surface area (Å²) in [7, 11) is 1.55. The molecule has 1 heterocycles. The fourth-order valence-corrected chi connectivity index (χ4v) is 3.37. The zero-order valence-electron chi connectivity index (χ0n) is 16.6. The fraction of sp³-hybridized carbons (Fsp3) is 0.333. The van der Waals surface area contributed by atoms with E-state index in [0.29, 0.717) is 30.0 Å². The summed E-state index contributed by atoms with van der Waals surface area (Å²) in [4.78, 5) is 10.8. The number of halogens is 3. The molecule has 9 heteroatoms. The first-order chi connectivity index (χ1) is 14.2. The molecule has 1 aliphatic carbocycles. The Morgan fingerprint density at radius 3 is 2.57 bits per heavy atom. The first-order valence-electron chi connectivity index (χ1n) is 9.42. The van der Waals surface area contributed by atoms with E-state index in [-0.39, 0.29) is 12.0 Å². The number of nitrogens with one attached hydrogen (secondary N) is 1. The van der Waals surface area contributed by atoms with Crippen molar-refractivity contribution in [3.63, 3.8) is 0 Å². The number of nitrogens with zero attached hydrogens (tertiary/aromatic N) is 2. The van der Waals surface area contributed by atoms with Gasteiger partial charge in [0.05, 0.1) is 18.8 Å². The number of rotatable bonds is 6. The number of carbonyl (C=O) groups is 1. The highest BCUT2D eigenvalue weighted by Gasteiger charge is 2.36. The van der Waals surface area contributed by atoms with Crippen LogP contribution in [0.3, 0.4) is 0 Å². The van der Waals surface area contributed by atoms with Gasteiger partial charge in [0.2, 0.25) is 0 Å². The van der Waals surface area contributed by atoms with Gasteiger partial charge in [-0.1, -0.05) is 37.3 Å². The molecule has 1 aromatic heterocycles. The molecule has 160 valence electrons. The van der Waals surface area contributed by atoms with Gasteiger partial charge in [-0.25, -0.2) is 4.79 Å². The van der Waals surface area contributed by atoms with Gasteiger partial charge < -0.3 is 15.8 Å². The van der Waals surface area contributed by atoms with Crippen molar-refractivity contribution in [2.24, 2.45) is 11.7 Å². The highest BCUT2D eigenvalue weighted by Crippen LogP contribution is 2.36. The SMILES string of the molecule is COC1=CC(C)C(n2nc(C(F)(F)F)cc2-c2ccc(CCNC(N)=O)cc2)C=C1. The van der Waals surface area contributed by atoms with Gasteiger partial charge in [-0.3, -0.25) is 4.68 Å². The molecule has 0 aliphatic heterocycles. The Morgan fingerprint density at radius 1 is 1.30 bits per heavy atom. The van der Waals surface area contributed by atoms with Crippen molar-refractivity contribution in [1.29, 1.82) is 0 Å². The monoisotopic (exact) mass is 420 g/mol. The molecule has 0 spiro atoms. The summed E-state index contributed by atoms with van der Waals surface area (Å²) in [5.41, 5.74) is 6.02. The fourth-order valence-electron chi connectivity index (χ4n) is 3.37. The molecule has 1 aliphatic rings. The Kier molecular flexibility index (Phi) is 6.19.